The minimum absolute atomic E-state index is 0.00585. The Morgan fingerprint density at radius 3 is 2.41 bits per heavy atom. The molecule has 0 atom stereocenters. The van der Waals surface area contributed by atoms with Crippen molar-refractivity contribution in [1.82, 2.24) is 5.32 Å². The molecule has 0 unspecified atom stereocenters. The zero-order chi connectivity index (χ0) is 23.4. The molecule has 3 rings (SSSR count). The van der Waals surface area contributed by atoms with Crippen molar-refractivity contribution in [3.63, 3.8) is 0 Å². The average molecular weight is 453 g/mol. The van der Waals surface area contributed by atoms with Crippen LogP contribution in [-0.4, -0.2) is 31.1 Å². The summed E-state index contributed by atoms with van der Waals surface area (Å²) in [6.07, 6.45) is 6.59. The first-order chi connectivity index (χ1) is 15.2. The van der Waals surface area contributed by atoms with Gasteiger partial charge in [0.25, 0.3) is 11.8 Å². The Morgan fingerprint density at radius 2 is 1.78 bits per heavy atom. The number of ether oxygens (including phenoxy) is 2. The van der Waals surface area contributed by atoms with E-state index in [2.05, 4.69) is 11.2 Å². The van der Waals surface area contributed by atoms with Crippen molar-refractivity contribution >= 4 is 41.2 Å². The molecule has 1 aliphatic rings. The second-order valence-electron chi connectivity index (χ2n) is 7.06. The number of amides is 4. The van der Waals surface area contributed by atoms with E-state index in [1.54, 1.807) is 25.1 Å². The number of terminal acetylenes is 1. The van der Waals surface area contributed by atoms with E-state index in [-0.39, 0.29) is 23.0 Å². The van der Waals surface area contributed by atoms with Crippen LogP contribution in [-0.2, 0) is 9.59 Å². The van der Waals surface area contributed by atoms with E-state index in [4.69, 9.17) is 27.5 Å². The van der Waals surface area contributed by atoms with Gasteiger partial charge in [0.05, 0.1) is 17.3 Å². The lowest BCUT2D eigenvalue weighted by Gasteiger charge is -2.27. The van der Waals surface area contributed by atoms with Gasteiger partial charge in [-0.05, 0) is 67.8 Å². The molecule has 1 fully saturated rings. The van der Waals surface area contributed by atoms with Gasteiger partial charge >= 0.3 is 6.03 Å². The summed E-state index contributed by atoms with van der Waals surface area (Å²) >= 11 is 6.33. The fourth-order valence-corrected chi connectivity index (χ4v) is 3.60. The van der Waals surface area contributed by atoms with Crippen LogP contribution in [0.4, 0.5) is 10.5 Å². The van der Waals surface area contributed by atoms with E-state index >= 15 is 0 Å². The summed E-state index contributed by atoms with van der Waals surface area (Å²) in [6.45, 7) is 5.82. The summed E-state index contributed by atoms with van der Waals surface area (Å²) in [4.78, 5) is 39.0. The fraction of sp³-hybridized carbons (Fsp3) is 0.208. The van der Waals surface area contributed by atoms with Gasteiger partial charge in [-0.25, -0.2) is 9.69 Å². The van der Waals surface area contributed by atoms with Gasteiger partial charge in [0, 0.05) is 0 Å². The Morgan fingerprint density at radius 1 is 1.09 bits per heavy atom. The zero-order valence-electron chi connectivity index (χ0n) is 17.8. The van der Waals surface area contributed by atoms with Gasteiger partial charge < -0.3 is 9.47 Å². The van der Waals surface area contributed by atoms with Crippen LogP contribution in [0.15, 0.2) is 35.9 Å². The molecule has 1 saturated heterocycles. The Kier molecular flexibility index (Phi) is 6.86. The summed E-state index contributed by atoms with van der Waals surface area (Å²) in [5.41, 5.74) is 2.31. The van der Waals surface area contributed by atoms with Gasteiger partial charge in [-0.15, -0.1) is 6.42 Å². The number of urea groups is 1. The molecule has 32 heavy (non-hydrogen) atoms. The van der Waals surface area contributed by atoms with E-state index in [0.29, 0.717) is 23.6 Å². The standard InChI is InChI=1S/C24H21ClN2O5/c1-5-7-32-21-19(25)12-16(13-20(21)31-6-2)11-18-22(28)26-24(30)27(23(18)29)17-9-14(3)8-15(4)10-17/h1,8-13H,6-7H2,2-4H3,(H,26,28,30)/b18-11+. The van der Waals surface area contributed by atoms with Crippen LogP contribution < -0.4 is 19.7 Å². The third-order valence-electron chi connectivity index (χ3n) is 4.51. The highest BCUT2D eigenvalue weighted by atomic mass is 35.5. The van der Waals surface area contributed by atoms with Crippen LogP contribution in [0, 0.1) is 26.2 Å². The van der Waals surface area contributed by atoms with Crippen LogP contribution in [0.1, 0.15) is 23.6 Å². The van der Waals surface area contributed by atoms with Crippen molar-refractivity contribution in [3.8, 4) is 23.8 Å². The van der Waals surface area contributed by atoms with E-state index in [0.717, 1.165) is 16.0 Å². The van der Waals surface area contributed by atoms with Crippen LogP contribution in [0.2, 0.25) is 5.02 Å². The van der Waals surface area contributed by atoms with Crippen molar-refractivity contribution in [1.29, 1.82) is 0 Å². The first-order valence-electron chi connectivity index (χ1n) is 9.77. The third kappa shape index (κ3) is 4.76. The third-order valence-corrected chi connectivity index (χ3v) is 4.79. The lowest BCUT2D eigenvalue weighted by molar-refractivity contribution is -0.122. The number of anilines is 1. The van der Waals surface area contributed by atoms with Crippen molar-refractivity contribution in [2.24, 2.45) is 0 Å². The molecule has 0 radical (unpaired) electrons. The van der Waals surface area contributed by atoms with Gasteiger partial charge in [0.2, 0.25) is 0 Å². The second-order valence-corrected chi connectivity index (χ2v) is 7.47. The van der Waals surface area contributed by atoms with Crippen LogP contribution in [0.25, 0.3) is 6.08 Å². The molecule has 0 aromatic heterocycles. The summed E-state index contributed by atoms with van der Waals surface area (Å²) in [5.74, 6) is 1.38. The molecular formula is C24H21ClN2O5. The summed E-state index contributed by atoms with van der Waals surface area (Å²) in [6, 6.07) is 7.58. The first-order valence-corrected chi connectivity index (χ1v) is 10.1. The number of benzene rings is 2. The zero-order valence-corrected chi connectivity index (χ0v) is 18.6. The number of rotatable bonds is 6. The molecule has 7 nitrogen and oxygen atoms in total. The molecule has 1 N–H and O–H groups in total. The minimum atomic E-state index is -0.812. The quantitative estimate of drug-likeness (QED) is 0.406. The van der Waals surface area contributed by atoms with Gasteiger partial charge in [-0.3, -0.25) is 14.9 Å². The molecule has 2 aromatic carbocycles. The average Bonchev–Trinajstić information content (AvgIpc) is 2.70. The molecule has 0 aliphatic carbocycles. The van der Waals surface area contributed by atoms with E-state index in [9.17, 15) is 14.4 Å². The molecular weight excluding hydrogens is 432 g/mol. The van der Waals surface area contributed by atoms with Crippen molar-refractivity contribution in [2.45, 2.75) is 20.8 Å². The number of hydrogen-bond acceptors (Lipinski definition) is 5. The maximum absolute atomic E-state index is 13.1. The van der Waals surface area contributed by atoms with Crippen molar-refractivity contribution in [2.75, 3.05) is 18.1 Å². The molecule has 1 heterocycles. The molecule has 0 bridgehead atoms. The molecule has 8 heteroatoms. The molecule has 164 valence electrons. The Labute approximate surface area is 190 Å². The van der Waals surface area contributed by atoms with Crippen molar-refractivity contribution < 1.29 is 23.9 Å². The predicted octanol–water partition coefficient (Wildman–Crippen LogP) is 4.03. The van der Waals surface area contributed by atoms with Gasteiger partial charge in [0.1, 0.15) is 12.2 Å². The largest absolute Gasteiger partial charge is 0.490 e. The number of carbonyl (C=O) groups is 3. The van der Waals surface area contributed by atoms with Crippen LogP contribution >= 0.6 is 11.6 Å². The van der Waals surface area contributed by atoms with Crippen LogP contribution in [0.5, 0.6) is 11.5 Å². The SMILES string of the molecule is C#CCOc1c(Cl)cc(/C=C2\C(=O)NC(=O)N(c3cc(C)cc(C)c3)C2=O)cc1OCC. The van der Waals surface area contributed by atoms with E-state index < -0.39 is 17.8 Å². The fourth-order valence-electron chi connectivity index (χ4n) is 3.33. The predicted molar refractivity (Wildman–Crippen MR) is 122 cm³/mol. The lowest BCUT2D eigenvalue weighted by atomic mass is 10.0. The Balaban J connectivity index is 2.04. The minimum Gasteiger partial charge on any atom is -0.490 e. The number of imide groups is 2. The number of carbonyl (C=O) groups excluding carboxylic acids is 3. The second kappa shape index (κ2) is 9.58. The summed E-state index contributed by atoms with van der Waals surface area (Å²) in [7, 11) is 0. The number of halogens is 1. The monoisotopic (exact) mass is 452 g/mol. The van der Waals surface area contributed by atoms with Crippen molar-refractivity contribution in [3.05, 3.63) is 57.6 Å². The molecule has 0 spiro atoms. The normalized spacial score (nSPS) is 14.9. The molecule has 1 aliphatic heterocycles. The maximum Gasteiger partial charge on any atom is 0.335 e. The van der Waals surface area contributed by atoms with Gasteiger partial charge in [0.15, 0.2) is 11.5 Å². The highest BCUT2D eigenvalue weighted by Crippen LogP contribution is 2.37. The van der Waals surface area contributed by atoms with E-state index in [1.807, 2.05) is 19.9 Å². The highest BCUT2D eigenvalue weighted by molar-refractivity contribution is 6.39. The summed E-state index contributed by atoms with van der Waals surface area (Å²) in [5, 5.41) is 2.41. The lowest BCUT2D eigenvalue weighted by Crippen LogP contribution is -2.54. The van der Waals surface area contributed by atoms with Gasteiger partial charge in [-0.2, -0.15) is 0 Å². The Hall–Kier alpha value is -3.76. The Bertz CT molecular complexity index is 1160. The number of nitrogens with one attached hydrogen (secondary N) is 1. The van der Waals surface area contributed by atoms with Gasteiger partial charge in [-0.1, -0.05) is 23.6 Å². The maximum atomic E-state index is 13.1. The van der Waals surface area contributed by atoms with Crippen LogP contribution in [0.3, 0.4) is 0 Å². The van der Waals surface area contributed by atoms with E-state index in [1.165, 1.54) is 12.1 Å². The summed E-state index contributed by atoms with van der Waals surface area (Å²) < 4.78 is 11.0. The molecule has 2 aromatic rings. The molecule has 0 saturated carbocycles. The number of hydrogen-bond donors (Lipinski definition) is 1. The first kappa shape index (κ1) is 22.9. The number of aryl methyl sites for hydroxylation is 2. The topological polar surface area (TPSA) is 84.9 Å². The number of barbiturate groups is 1. The smallest absolute Gasteiger partial charge is 0.335 e. The number of nitrogens with zero attached hydrogens (tertiary/aromatic N) is 1. The molecule has 4 amide bonds. The highest BCUT2D eigenvalue weighted by Gasteiger charge is 2.37.